The third-order valence-corrected chi connectivity index (χ3v) is 1.31. The summed E-state index contributed by atoms with van der Waals surface area (Å²) in [4.78, 5) is 10.4. The lowest BCUT2D eigenvalue weighted by Crippen LogP contribution is -1.99. The molecule has 4 heteroatoms. The fourth-order valence-corrected chi connectivity index (χ4v) is 0.748. The van der Waals surface area contributed by atoms with Crippen LogP contribution in [0.1, 0.15) is 6.92 Å². The van der Waals surface area contributed by atoms with Gasteiger partial charge in [-0.25, -0.2) is 4.79 Å². The zero-order valence-corrected chi connectivity index (χ0v) is 6.11. The highest BCUT2D eigenvalue weighted by molar-refractivity contribution is 8.13. The Bertz CT molecular complexity index is 87.0. The van der Waals surface area contributed by atoms with Crippen LogP contribution in [-0.4, -0.2) is 24.2 Å². The topological polar surface area (TPSA) is 48.6 Å². The molecule has 0 amide bonds. The van der Waals surface area contributed by atoms with E-state index in [1.54, 1.807) is 6.92 Å². The second-order valence-corrected chi connectivity index (χ2v) is 2.29. The van der Waals surface area contributed by atoms with Crippen molar-refractivity contribution in [2.45, 2.75) is 6.92 Å². The molecule has 0 rings (SSSR count). The average molecular weight is 147 g/mol. The minimum Gasteiger partial charge on any atom is -0.458 e. The molecule has 0 heterocycles. The van der Waals surface area contributed by atoms with Crippen LogP contribution < -0.4 is 5.73 Å². The second-order valence-electron chi connectivity index (χ2n) is 1.26. The number of carbonyl (C=O) groups excluding carboxylic acids is 1. The normalized spacial score (nSPS) is 9.11. The largest absolute Gasteiger partial charge is 0.458 e. The molecule has 3 nitrogen and oxygen atoms in total. The van der Waals surface area contributed by atoms with Crippen LogP contribution in [0.15, 0.2) is 0 Å². The predicted octanol–water partition coefficient (Wildman–Crippen LogP) is 0.945. The third kappa shape index (κ3) is 5.65. The maximum Gasteiger partial charge on any atom is 0.367 e. The highest BCUT2D eigenvalue weighted by atomic mass is 32.2. The second kappa shape index (κ2) is 5.91. The lowest BCUT2D eigenvalue weighted by atomic mass is 10.8. The molecule has 0 saturated heterocycles. The quantitative estimate of drug-likeness (QED) is 0.558. The highest BCUT2D eigenvalue weighted by Gasteiger charge is 1.98. The summed E-state index contributed by atoms with van der Waals surface area (Å²) in [7, 11) is 0. The summed E-state index contributed by atoms with van der Waals surface area (Å²) in [5.74, 6) is 0.416. The monoisotopic (exact) mass is 147 g/mol. The summed E-state index contributed by atoms with van der Waals surface area (Å²) in [6.07, 6.45) is 0. The number of hydrogen-bond acceptors (Lipinski definition) is 3. The van der Waals surface area contributed by atoms with Crippen LogP contribution in [0.5, 0.6) is 0 Å². The first-order valence-electron chi connectivity index (χ1n) is 2.71. The SMILES string of the molecule is CCOC(=O)SCC[N]. The van der Waals surface area contributed by atoms with E-state index in [0.29, 0.717) is 12.4 Å². The van der Waals surface area contributed by atoms with E-state index in [1.165, 1.54) is 0 Å². The number of hydrogen-bond donors (Lipinski definition) is 0. The van der Waals surface area contributed by atoms with E-state index in [2.05, 4.69) is 4.74 Å². The Labute approximate surface area is 58.9 Å². The van der Waals surface area contributed by atoms with Crippen molar-refractivity contribution < 1.29 is 9.53 Å². The van der Waals surface area contributed by atoms with Gasteiger partial charge >= 0.3 is 5.30 Å². The Morgan fingerprint density at radius 3 is 2.89 bits per heavy atom. The van der Waals surface area contributed by atoms with Crippen LogP contribution >= 0.6 is 11.8 Å². The summed E-state index contributed by atoms with van der Waals surface area (Å²) in [5, 5.41) is -0.313. The minimum absolute atomic E-state index is 0.0173. The van der Waals surface area contributed by atoms with Gasteiger partial charge in [-0.3, -0.25) is 0 Å². The number of rotatable bonds is 3. The van der Waals surface area contributed by atoms with Gasteiger partial charge < -0.3 is 4.74 Å². The molecule has 0 aliphatic heterocycles. The van der Waals surface area contributed by atoms with Crippen LogP contribution in [0.3, 0.4) is 0 Å². The molecule has 0 N–H and O–H groups in total. The molecule has 0 aliphatic rings. The van der Waals surface area contributed by atoms with Gasteiger partial charge in [0.1, 0.15) is 0 Å². The smallest absolute Gasteiger partial charge is 0.367 e. The molecule has 0 saturated carbocycles. The first-order valence-corrected chi connectivity index (χ1v) is 3.70. The highest BCUT2D eigenvalue weighted by Crippen LogP contribution is 2.02. The van der Waals surface area contributed by atoms with Gasteiger partial charge in [0.05, 0.1) is 6.61 Å². The number of nitrogens with zero attached hydrogens (tertiary/aromatic N) is 1. The van der Waals surface area contributed by atoms with Crippen LogP contribution in [0.4, 0.5) is 4.79 Å². The van der Waals surface area contributed by atoms with Gasteiger partial charge in [0.15, 0.2) is 0 Å². The van der Waals surface area contributed by atoms with Gasteiger partial charge in [-0.1, -0.05) is 0 Å². The molecular weight excluding hydrogens is 138 g/mol. The first kappa shape index (κ1) is 8.78. The molecule has 0 aliphatic carbocycles. The third-order valence-electron chi connectivity index (χ3n) is 0.573. The molecule has 52 valence electrons. The molecule has 0 spiro atoms. The summed E-state index contributed by atoms with van der Waals surface area (Å²) in [6.45, 7) is 2.16. The minimum atomic E-state index is -0.313. The maximum atomic E-state index is 10.4. The van der Waals surface area contributed by atoms with Gasteiger partial charge in [0, 0.05) is 12.3 Å². The lowest BCUT2D eigenvalue weighted by Gasteiger charge is -1.96. The lowest BCUT2D eigenvalue weighted by molar-refractivity contribution is 0.181. The fraction of sp³-hybridized carbons (Fsp3) is 0.800. The van der Waals surface area contributed by atoms with Crippen molar-refractivity contribution >= 4 is 17.1 Å². The molecule has 0 unspecified atom stereocenters. The maximum absolute atomic E-state index is 10.4. The summed E-state index contributed by atoms with van der Waals surface area (Å²) < 4.78 is 4.56. The Hall–Kier alpha value is -0.220. The van der Waals surface area contributed by atoms with Gasteiger partial charge in [-0.2, -0.15) is 0 Å². The molecule has 0 atom stereocenters. The van der Waals surface area contributed by atoms with Gasteiger partial charge in [-0.15, -0.1) is 5.73 Å². The van der Waals surface area contributed by atoms with E-state index in [0.717, 1.165) is 11.8 Å². The van der Waals surface area contributed by atoms with Gasteiger partial charge in [0.25, 0.3) is 0 Å². The number of thioether (sulfide) groups is 1. The summed E-state index contributed by atoms with van der Waals surface area (Å²) in [6, 6.07) is 0. The fourth-order valence-electron chi connectivity index (χ4n) is 0.288. The van der Waals surface area contributed by atoms with Gasteiger partial charge in [-0.05, 0) is 18.7 Å². The molecule has 2 radical (unpaired) electrons. The van der Waals surface area contributed by atoms with Crippen molar-refractivity contribution in [3.05, 3.63) is 0 Å². The van der Waals surface area contributed by atoms with E-state index >= 15 is 0 Å². The van der Waals surface area contributed by atoms with Crippen molar-refractivity contribution in [1.29, 1.82) is 0 Å². The van der Waals surface area contributed by atoms with Crippen molar-refractivity contribution in [2.75, 3.05) is 18.9 Å². The van der Waals surface area contributed by atoms with Crippen LogP contribution in [0.25, 0.3) is 0 Å². The van der Waals surface area contributed by atoms with E-state index in [1.807, 2.05) is 0 Å². The van der Waals surface area contributed by atoms with E-state index < -0.39 is 0 Å². The Morgan fingerprint density at radius 1 is 1.78 bits per heavy atom. The molecule has 0 bridgehead atoms. The average Bonchev–Trinajstić information content (AvgIpc) is 1.85. The van der Waals surface area contributed by atoms with Crippen molar-refractivity contribution in [3.8, 4) is 0 Å². The van der Waals surface area contributed by atoms with E-state index in [4.69, 9.17) is 5.73 Å². The van der Waals surface area contributed by atoms with Crippen molar-refractivity contribution in [3.63, 3.8) is 0 Å². The standard InChI is InChI=1S/C5H9NO2S/c1-2-8-5(7)9-4-3-6/h2-4H2,1H3. The zero-order valence-electron chi connectivity index (χ0n) is 5.29. The molecule has 0 aromatic rings. The summed E-state index contributed by atoms with van der Waals surface area (Å²) >= 11 is 0.990. The van der Waals surface area contributed by atoms with Crippen LogP contribution in [-0.2, 0) is 4.74 Å². The zero-order chi connectivity index (χ0) is 7.11. The Balaban J connectivity index is 3.06. The van der Waals surface area contributed by atoms with Crippen molar-refractivity contribution in [2.24, 2.45) is 0 Å². The van der Waals surface area contributed by atoms with Gasteiger partial charge in [0.2, 0.25) is 0 Å². The molecular formula is C5H9NO2S. The molecule has 0 aromatic carbocycles. The van der Waals surface area contributed by atoms with Crippen LogP contribution in [0, 0.1) is 0 Å². The summed E-state index contributed by atoms with van der Waals surface area (Å²) in [5.41, 5.74) is 8.25. The van der Waals surface area contributed by atoms with Crippen LogP contribution in [0.2, 0.25) is 0 Å². The molecule has 0 fully saturated rings. The predicted molar refractivity (Wildman–Crippen MR) is 36.5 cm³/mol. The van der Waals surface area contributed by atoms with Crippen molar-refractivity contribution in [1.82, 2.24) is 5.73 Å². The molecule has 0 aromatic heterocycles. The number of carbonyl (C=O) groups is 1. The van der Waals surface area contributed by atoms with E-state index in [-0.39, 0.29) is 11.8 Å². The van der Waals surface area contributed by atoms with E-state index in [9.17, 15) is 4.79 Å². The Morgan fingerprint density at radius 2 is 2.44 bits per heavy atom. The Kier molecular flexibility index (Phi) is 5.76. The molecule has 9 heavy (non-hydrogen) atoms. The first-order chi connectivity index (χ1) is 4.31. The number of ether oxygens (including phenoxy) is 1.